The molecule has 1 N–H and O–H groups in total. The molecule has 1 heterocycles. The molecule has 102 valence electrons. The highest BCUT2D eigenvalue weighted by Crippen LogP contribution is 2.36. The number of aliphatic carboxylic acids is 1. The van der Waals surface area contributed by atoms with Crippen LogP contribution in [0.5, 0.6) is 0 Å². The molecule has 1 atom stereocenters. The summed E-state index contributed by atoms with van der Waals surface area (Å²) in [6.45, 7) is 3.14. The summed E-state index contributed by atoms with van der Waals surface area (Å²) >= 11 is 0. The van der Waals surface area contributed by atoms with Gasteiger partial charge in [-0.1, -0.05) is 54.6 Å². The Morgan fingerprint density at radius 3 is 2.00 bits per heavy atom. The molecule has 0 aliphatic carbocycles. The minimum Gasteiger partial charge on any atom is -0.480 e. The molecule has 3 heteroatoms. The van der Waals surface area contributed by atoms with Crippen LogP contribution in [0.1, 0.15) is 23.6 Å². The van der Waals surface area contributed by atoms with Crippen LogP contribution in [0, 0.1) is 0 Å². The second kappa shape index (κ2) is 4.76. The van der Waals surface area contributed by atoms with Crippen LogP contribution >= 0.6 is 0 Å². The normalized spacial score (nSPS) is 17.4. The molecule has 1 unspecified atom stereocenters. The van der Waals surface area contributed by atoms with E-state index < -0.39 is 11.5 Å². The lowest BCUT2D eigenvalue weighted by molar-refractivity contribution is -0.151. The van der Waals surface area contributed by atoms with Gasteiger partial charge in [0.25, 0.3) is 0 Å². The van der Waals surface area contributed by atoms with Gasteiger partial charge in [-0.3, -0.25) is 4.90 Å². The van der Waals surface area contributed by atoms with Gasteiger partial charge >= 0.3 is 5.97 Å². The summed E-state index contributed by atoms with van der Waals surface area (Å²) in [6, 6.07) is 17.6. The van der Waals surface area contributed by atoms with Crippen LogP contribution in [0.15, 0.2) is 54.6 Å². The van der Waals surface area contributed by atoms with E-state index in [0.717, 1.165) is 5.56 Å². The lowest BCUT2D eigenvalue weighted by Gasteiger charge is -2.35. The van der Waals surface area contributed by atoms with Crippen molar-refractivity contribution in [2.45, 2.75) is 25.6 Å². The van der Waals surface area contributed by atoms with Crippen molar-refractivity contribution in [3.05, 3.63) is 71.3 Å². The lowest BCUT2D eigenvalue weighted by atomic mass is 9.90. The standard InChI is InChI=1S/C17H17NO2/c1-17(16(19)20,15-9-3-2-4-10-15)18-11-13-7-5-6-8-14(13)12-18/h2-10H,11-12H2,1H3,(H,19,20). The van der Waals surface area contributed by atoms with E-state index in [1.54, 1.807) is 6.92 Å². The highest BCUT2D eigenvalue weighted by Gasteiger charge is 2.43. The zero-order valence-electron chi connectivity index (χ0n) is 11.4. The third-order valence-corrected chi connectivity index (χ3v) is 4.23. The van der Waals surface area contributed by atoms with E-state index in [2.05, 4.69) is 12.1 Å². The summed E-state index contributed by atoms with van der Waals surface area (Å²) in [5, 5.41) is 9.78. The maximum absolute atomic E-state index is 11.9. The smallest absolute Gasteiger partial charge is 0.328 e. The first-order chi connectivity index (χ1) is 9.62. The number of rotatable bonds is 3. The molecule has 20 heavy (non-hydrogen) atoms. The second-order valence-electron chi connectivity index (χ2n) is 5.37. The Labute approximate surface area is 118 Å². The monoisotopic (exact) mass is 267 g/mol. The third kappa shape index (κ3) is 1.91. The number of carbonyl (C=O) groups is 1. The quantitative estimate of drug-likeness (QED) is 0.929. The Morgan fingerprint density at radius 2 is 1.50 bits per heavy atom. The molecule has 2 aromatic rings. The van der Waals surface area contributed by atoms with Gasteiger partial charge in [0.1, 0.15) is 5.54 Å². The molecule has 0 saturated heterocycles. The number of carboxylic acids is 1. The maximum Gasteiger partial charge on any atom is 0.328 e. The molecule has 0 bridgehead atoms. The molecule has 1 aliphatic rings. The predicted octanol–water partition coefficient (Wildman–Crippen LogP) is 3.00. The molecule has 0 saturated carbocycles. The van der Waals surface area contributed by atoms with Gasteiger partial charge in [0.2, 0.25) is 0 Å². The lowest BCUT2D eigenvalue weighted by Crippen LogP contribution is -2.47. The fourth-order valence-corrected chi connectivity index (χ4v) is 2.85. The van der Waals surface area contributed by atoms with Gasteiger partial charge in [-0.05, 0) is 23.6 Å². The van der Waals surface area contributed by atoms with E-state index in [4.69, 9.17) is 0 Å². The van der Waals surface area contributed by atoms with Crippen LogP contribution in [0.3, 0.4) is 0 Å². The summed E-state index contributed by atoms with van der Waals surface area (Å²) in [5.41, 5.74) is 2.26. The molecule has 3 nitrogen and oxygen atoms in total. The number of fused-ring (bicyclic) bond motifs is 1. The molecule has 3 rings (SSSR count). The fraction of sp³-hybridized carbons (Fsp3) is 0.235. The number of nitrogens with zero attached hydrogens (tertiary/aromatic N) is 1. The fourth-order valence-electron chi connectivity index (χ4n) is 2.85. The molecule has 0 amide bonds. The first-order valence-corrected chi connectivity index (χ1v) is 6.73. The van der Waals surface area contributed by atoms with Gasteiger partial charge in [0.05, 0.1) is 0 Å². The van der Waals surface area contributed by atoms with E-state index in [0.29, 0.717) is 13.1 Å². The van der Waals surface area contributed by atoms with Crippen molar-refractivity contribution in [1.82, 2.24) is 4.90 Å². The molecule has 2 aromatic carbocycles. The van der Waals surface area contributed by atoms with Crippen LogP contribution in [0.4, 0.5) is 0 Å². The zero-order chi connectivity index (χ0) is 14.2. The Hall–Kier alpha value is -2.13. The zero-order valence-corrected chi connectivity index (χ0v) is 11.4. The number of hydrogen-bond acceptors (Lipinski definition) is 2. The van der Waals surface area contributed by atoms with E-state index in [9.17, 15) is 9.90 Å². The van der Waals surface area contributed by atoms with Gasteiger partial charge in [-0.15, -0.1) is 0 Å². The second-order valence-corrected chi connectivity index (χ2v) is 5.37. The summed E-state index contributed by atoms with van der Waals surface area (Å²) in [6.07, 6.45) is 0. The van der Waals surface area contributed by atoms with Crippen molar-refractivity contribution in [3.8, 4) is 0 Å². The van der Waals surface area contributed by atoms with Crippen LogP contribution in [0.2, 0.25) is 0 Å². The summed E-state index contributed by atoms with van der Waals surface area (Å²) < 4.78 is 0. The minimum atomic E-state index is -1.000. The van der Waals surface area contributed by atoms with E-state index in [1.165, 1.54) is 11.1 Å². The molecule has 0 radical (unpaired) electrons. The van der Waals surface area contributed by atoms with Crippen LogP contribution in [0.25, 0.3) is 0 Å². The molecule has 0 fully saturated rings. The topological polar surface area (TPSA) is 40.5 Å². The van der Waals surface area contributed by atoms with Gasteiger partial charge < -0.3 is 5.11 Å². The summed E-state index contributed by atoms with van der Waals surface area (Å²) in [5.74, 6) is -0.809. The summed E-state index contributed by atoms with van der Waals surface area (Å²) in [7, 11) is 0. The number of carboxylic acid groups (broad SMARTS) is 1. The van der Waals surface area contributed by atoms with Crippen molar-refractivity contribution >= 4 is 5.97 Å². The van der Waals surface area contributed by atoms with Crippen LogP contribution in [-0.2, 0) is 23.4 Å². The maximum atomic E-state index is 11.9. The minimum absolute atomic E-state index is 0.674. The number of benzene rings is 2. The van der Waals surface area contributed by atoms with Crippen molar-refractivity contribution in [2.24, 2.45) is 0 Å². The van der Waals surface area contributed by atoms with E-state index >= 15 is 0 Å². The Bertz CT molecular complexity index is 613. The van der Waals surface area contributed by atoms with Gasteiger partial charge in [-0.25, -0.2) is 4.79 Å². The molecule has 1 aliphatic heterocycles. The van der Waals surface area contributed by atoms with E-state index in [1.807, 2.05) is 47.4 Å². The van der Waals surface area contributed by atoms with Crippen molar-refractivity contribution in [2.75, 3.05) is 0 Å². The Morgan fingerprint density at radius 1 is 1.00 bits per heavy atom. The molecular weight excluding hydrogens is 250 g/mol. The van der Waals surface area contributed by atoms with Crippen molar-refractivity contribution in [3.63, 3.8) is 0 Å². The van der Waals surface area contributed by atoms with Crippen LogP contribution in [-0.4, -0.2) is 16.0 Å². The average molecular weight is 267 g/mol. The van der Waals surface area contributed by atoms with Crippen molar-refractivity contribution in [1.29, 1.82) is 0 Å². The molecule has 0 spiro atoms. The Kier molecular flexibility index (Phi) is 3.07. The van der Waals surface area contributed by atoms with Crippen molar-refractivity contribution < 1.29 is 9.90 Å². The first-order valence-electron chi connectivity index (χ1n) is 6.73. The number of hydrogen-bond donors (Lipinski definition) is 1. The highest BCUT2D eigenvalue weighted by atomic mass is 16.4. The highest BCUT2D eigenvalue weighted by molar-refractivity contribution is 5.80. The van der Waals surface area contributed by atoms with Gasteiger partial charge in [0, 0.05) is 13.1 Å². The molecule has 0 aromatic heterocycles. The van der Waals surface area contributed by atoms with Gasteiger partial charge in [0.15, 0.2) is 0 Å². The van der Waals surface area contributed by atoms with Gasteiger partial charge in [-0.2, -0.15) is 0 Å². The SMILES string of the molecule is CC(C(=O)O)(c1ccccc1)N1Cc2ccccc2C1. The predicted molar refractivity (Wildman–Crippen MR) is 77.1 cm³/mol. The first kappa shape index (κ1) is 12.9. The largest absolute Gasteiger partial charge is 0.480 e. The van der Waals surface area contributed by atoms with E-state index in [-0.39, 0.29) is 0 Å². The summed E-state index contributed by atoms with van der Waals surface area (Å²) in [4.78, 5) is 13.9. The van der Waals surface area contributed by atoms with Crippen LogP contribution < -0.4 is 0 Å². The average Bonchev–Trinajstić information content (AvgIpc) is 2.91. The molecular formula is C17H17NO2. The third-order valence-electron chi connectivity index (χ3n) is 4.23. The Balaban J connectivity index is 2.00.